The van der Waals surface area contributed by atoms with E-state index >= 15 is 0 Å². The first-order valence-corrected chi connectivity index (χ1v) is 17.2. The summed E-state index contributed by atoms with van der Waals surface area (Å²) < 4.78 is 2.41. The van der Waals surface area contributed by atoms with Crippen molar-refractivity contribution >= 4 is 29.9 Å². The third kappa shape index (κ3) is 5.37. The zero-order valence-corrected chi connectivity index (χ0v) is 26.2. The van der Waals surface area contributed by atoms with Crippen LogP contribution in [0.15, 0.2) is 82.4 Å². The topological polar surface area (TPSA) is 63.1 Å². The van der Waals surface area contributed by atoms with Gasteiger partial charge in [-0.15, -0.1) is 0 Å². The molecule has 2 N–H and O–H groups in total. The number of aromatic nitrogens is 1. The maximum absolute atomic E-state index is 13.0. The van der Waals surface area contributed by atoms with E-state index in [1.807, 2.05) is 0 Å². The minimum Gasteiger partial charge on any atom is -0.377 e. The Bertz CT molecular complexity index is 1510. The van der Waals surface area contributed by atoms with Crippen LogP contribution in [0.2, 0.25) is 0 Å². The molecule has 0 bridgehead atoms. The summed E-state index contributed by atoms with van der Waals surface area (Å²) in [5.41, 5.74) is 3.23. The molecular weight excluding hydrogens is 537 g/mol. The zero-order valence-electron chi connectivity index (χ0n) is 25.3. The molecule has 42 heavy (non-hydrogen) atoms. The monoisotopic (exact) mass is 581 g/mol. The second-order valence-corrected chi connectivity index (χ2v) is 15.0. The normalized spacial score (nSPS) is 25.1. The lowest BCUT2D eigenvalue weighted by molar-refractivity contribution is 0.315. The molecule has 2 aliphatic carbocycles. The number of nitrogens with one attached hydrogen (secondary N) is 2. The van der Waals surface area contributed by atoms with Gasteiger partial charge in [0.2, 0.25) is 0 Å². The number of anilines is 2. The molecule has 2 aliphatic rings. The summed E-state index contributed by atoms with van der Waals surface area (Å²) in [5.74, 6) is 0.975. The van der Waals surface area contributed by atoms with Gasteiger partial charge in [0.25, 0.3) is 10.9 Å². The Hall–Kier alpha value is -3.17. The molecule has 0 amide bonds. The van der Waals surface area contributed by atoms with Gasteiger partial charge >= 0.3 is 0 Å². The molecular formula is C36H44N3O2P. The van der Waals surface area contributed by atoms with Crippen molar-refractivity contribution in [3.63, 3.8) is 0 Å². The van der Waals surface area contributed by atoms with Crippen LogP contribution in [0.4, 0.5) is 11.4 Å². The van der Waals surface area contributed by atoms with E-state index in [2.05, 4.69) is 116 Å². The Labute approximate surface area is 251 Å². The van der Waals surface area contributed by atoms with Crippen LogP contribution in [0.5, 0.6) is 0 Å². The van der Waals surface area contributed by atoms with Gasteiger partial charge in [-0.25, -0.2) is 0 Å². The van der Waals surface area contributed by atoms with Crippen molar-refractivity contribution in [2.75, 3.05) is 10.6 Å². The molecule has 0 spiro atoms. The summed E-state index contributed by atoms with van der Waals surface area (Å²) in [5, 5.41) is 10.0. The summed E-state index contributed by atoms with van der Waals surface area (Å²) in [6, 6.07) is 26.8. The van der Waals surface area contributed by atoms with Crippen LogP contribution in [0.3, 0.4) is 0 Å². The van der Waals surface area contributed by atoms with Gasteiger partial charge < -0.3 is 15.2 Å². The molecule has 1 heterocycles. The molecule has 5 nitrogen and oxygen atoms in total. The maximum atomic E-state index is 13.0. The van der Waals surface area contributed by atoms with Crippen molar-refractivity contribution in [3.8, 4) is 0 Å². The zero-order chi connectivity index (χ0) is 29.4. The van der Waals surface area contributed by atoms with E-state index in [-0.39, 0.29) is 29.0 Å². The minimum atomic E-state index is -0.579. The van der Waals surface area contributed by atoms with Crippen LogP contribution in [-0.2, 0) is 0 Å². The highest BCUT2D eigenvalue weighted by Gasteiger charge is 2.43. The summed E-state index contributed by atoms with van der Waals surface area (Å²) >= 11 is 0. The molecule has 0 radical (unpaired) electrons. The molecule has 220 valence electrons. The Morgan fingerprint density at radius 2 is 1.33 bits per heavy atom. The molecule has 2 fully saturated rings. The third-order valence-electron chi connectivity index (χ3n) is 9.99. The van der Waals surface area contributed by atoms with E-state index in [9.17, 15) is 9.59 Å². The van der Waals surface area contributed by atoms with Crippen molar-refractivity contribution in [2.45, 2.75) is 90.0 Å². The molecule has 2 saturated carbocycles. The van der Waals surface area contributed by atoms with Crippen molar-refractivity contribution in [1.29, 1.82) is 0 Å². The number of hydrogen-bond donors (Lipinski definition) is 2. The van der Waals surface area contributed by atoms with Gasteiger partial charge in [0, 0.05) is 23.5 Å². The second kappa shape index (κ2) is 12.2. The fourth-order valence-electron chi connectivity index (χ4n) is 7.86. The Kier molecular flexibility index (Phi) is 8.41. The van der Waals surface area contributed by atoms with Gasteiger partial charge in [0.15, 0.2) is 0 Å². The van der Waals surface area contributed by atoms with Gasteiger partial charge in [-0.1, -0.05) is 80.4 Å². The van der Waals surface area contributed by atoms with Crippen molar-refractivity contribution in [1.82, 2.24) is 4.57 Å². The molecule has 4 aromatic rings. The Morgan fingerprint density at radius 3 is 1.95 bits per heavy atom. The predicted molar refractivity (Wildman–Crippen MR) is 178 cm³/mol. The third-order valence-corrected chi connectivity index (χ3v) is 13.2. The molecule has 0 saturated heterocycles. The average Bonchev–Trinajstić information content (AvgIpc) is 3.56. The summed E-state index contributed by atoms with van der Waals surface area (Å²) in [4.78, 5) is 26.0. The standard InChI is InChI=1S/C36H44N3O2P/c1-23-19-22-29(36(23)42(27-13-7-5-8-14-27)28-15-9-6-10-16-28)26(4)37-32-33(35(41)34(32)40)38-30-17-11-12-18-31(30)39-24(2)20-21-25(39)3/h5-10,13-16,20-21,23,26,29-31,36-38H,11-12,17-19,22H2,1-4H3/t23?,26-,29+,30+,31+,36?/m1/s1. The van der Waals surface area contributed by atoms with E-state index in [1.165, 1.54) is 34.8 Å². The molecule has 6 rings (SSSR count). The number of hydrogen-bond acceptors (Lipinski definition) is 4. The minimum absolute atomic E-state index is 0.0808. The number of nitrogens with zero attached hydrogens (tertiary/aromatic N) is 1. The maximum Gasteiger partial charge on any atom is 0.253 e. The number of benzene rings is 2. The molecule has 6 heteroatoms. The Morgan fingerprint density at radius 1 is 0.762 bits per heavy atom. The average molecular weight is 582 g/mol. The first-order chi connectivity index (χ1) is 20.3. The second-order valence-electron chi connectivity index (χ2n) is 12.7. The molecule has 0 aliphatic heterocycles. The van der Waals surface area contributed by atoms with Crippen LogP contribution < -0.4 is 32.1 Å². The van der Waals surface area contributed by atoms with Crippen LogP contribution in [0.1, 0.15) is 69.8 Å². The molecule has 6 atom stereocenters. The van der Waals surface area contributed by atoms with Crippen LogP contribution in [0, 0.1) is 25.7 Å². The van der Waals surface area contributed by atoms with E-state index in [0.29, 0.717) is 28.9 Å². The van der Waals surface area contributed by atoms with Crippen molar-refractivity contribution < 1.29 is 0 Å². The van der Waals surface area contributed by atoms with Crippen molar-refractivity contribution in [2.24, 2.45) is 11.8 Å². The summed E-state index contributed by atoms with van der Waals surface area (Å²) in [6.45, 7) is 8.93. The largest absolute Gasteiger partial charge is 0.377 e. The first kappa shape index (κ1) is 28.9. The van der Waals surface area contributed by atoms with E-state index in [0.717, 1.165) is 25.7 Å². The number of rotatable bonds is 9. The van der Waals surface area contributed by atoms with E-state index < -0.39 is 7.92 Å². The first-order valence-electron chi connectivity index (χ1n) is 15.7. The van der Waals surface area contributed by atoms with Crippen LogP contribution in [0.25, 0.3) is 0 Å². The van der Waals surface area contributed by atoms with Crippen LogP contribution >= 0.6 is 7.92 Å². The molecule has 2 unspecified atom stereocenters. The molecule has 3 aromatic carbocycles. The van der Waals surface area contributed by atoms with Gasteiger partial charge in [0.05, 0.1) is 6.04 Å². The fourth-order valence-corrected chi connectivity index (χ4v) is 11.3. The highest BCUT2D eigenvalue weighted by atomic mass is 31.1. The smallest absolute Gasteiger partial charge is 0.253 e. The van der Waals surface area contributed by atoms with Gasteiger partial charge in [-0.2, -0.15) is 0 Å². The SMILES string of the molecule is Cc1ccc(C)n1[C@H]1CCCC[C@@H]1Nc1c(N[C@H](C)[C@@H]2CCC(C)C2P(c2ccccc2)c2ccccc2)c(=O)c1=O. The van der Waals surface area contributed by atoms with E-state index in [4.69, 9.17) is 0 Å². The summed E-state index contributed by atoms with van der Waals surface area (Å²) in [6.07, 6.45) is 6.68. The molecule has 1 aromatic heterocycles. The Balaban J connectivity index is 1.26. The highest BCUT2D eigenvalue weighted by Crippen LogP contribution is 2.53. The van der Waals surface area contributed by atoms with E-state index in [1.54, 1.807) is 0 Å². The lowest BCUT2D eigenvalue weighted by Gasteiger charge is -2.38. The number of aryl methyl sites for hydroxylation is 2. The lowest BCUT2D eigenvalue weighted by Crippen LogP contribution is -2.45. The lowest BCUT2D eigenvalue weighted by atomic mass is 9.89. The van der Waals surface area contributed by atoms with Crippen molar-refractivity contribution in [3.05, 3.63) is 105 Å². The summed E-state index contributed by atoms with van der Waals surface area (Å²) in [7, 11) is -0.579. The van der Waals surface area contributed by atoms with Gasteiger partial charge in [-0.05, 0) is 94.6 Å². The van der Waals surface area contributed by atoms with Gasteiger partial charge in [-0.3, -0.25) is 9.59 Å². The quantitative estimate of drug-likeness (QED) is 0.172. The fraction of sp³-hybridized carbons (Fsp3) is 0.444. The van der Waals surface area contributed by atoms with Gasteiger partial charge in [0.1, 0.15) is 11.4 Å². The predicted octanol–water partition coefficient (Wildman–Crippen LogP) is 6.64. The van der Waals surface area contributed by atoms with Crippen LogP contribution in [-0.4, -0.2) is 22.3 Å². The highest BCUT2D eigenvalue weighted by molar-refractivity contribution is 7.73.